The predicted octanol–water partition coefficient (Wildman–Crippen LogP) is 2.31. The Morgan fingerprint density at radius 2 is 2.16 bits per heavy atom. The first-order valence-electron chi connectivity index (χ1n) is 5.51. The number of rotatable bonds is 3. The molecule has 1 aromatic rings. The summed E-state index contributed by atoms with van der Waals surface area (Å²) in [7, 11) is 0. The third-order valence-electron chi connectivity index (χ3n) is 2.61. The lowest BCUT2D eigenvalue weighted by atomic mass is 10.1. The standard InChI is InChI=1S/C14H11NO3S/c15-11-7-9(14(17)18)5-6-13(11)19-12-4-2-1-3-10(12)8-16/h1-7,12H,15H2,(H,17,18). The summed E-state index contributed by atoms with van der Waals surface area (Å²) in [6.45, 7) is 0. The molecule has 0 aliphatic heterocycles. The van der Waals surface area contributed by atoms with Gasteiger partial charge in [-0.3, -0.25) is 0 Å². The molecule has 0 radical (unpaired) electrons. The summed E-state index contributed by atoms with van der Waals surface area (Å²) >= 11 is 1.39. The van der Waals surface area contributed by atoms with Crippen molar-refractivity contribution in [2.24, 2.45) is 0 Å². The Hall–Kier alpha value is -2.23. The van der Waals surface area contributed by atoms with Gasteiger partial charge in [-0.05, 0) is 24.3 Å². The minimum absolute atomic E-state index is 0.145. The second-order valence-electron chi connectivity index (χ2n) is 3.90. The van der Waals surface area contributed by atoms with Crippen LogP contribution in [0.4, 0.5) is 5.69 Å². The van der Waals surface area contributed by atoms with E-state index < -0.39 is 5.97 Å². The van der Waals surface area contributed by atoms with Gasteiger partial charge in [0.05, 0.1) is 16.4 Å². The smallest absolute Gasteiger partial charge is 0.335 e. The number of carboxylic acids is 1. The summed E-state index contributed by atoms with van der Waals surface area (Å²) < 4.78 is 0. The van der Waals surface area contributed by atoms with Crippen LogP contribution in [-0.2, 0) is 4.79 Å². The van der Waals surface area contributed by atoms with Gasteiger partial charge in [-0.25, -0.2) is 9.59 Å². The first kappa shape index (κ1) is 13.2. The molecular formula is C14H11NO3S. The molecule has 1 unspecified atom stereocenters. The zero-order chi connectivity index (χ0) is 13.8. The Labute approximate surface area is 114 Å². The second-order valence-corrected chi connectivity index (χ2v) is 5.08. The van der Waals surface area contributed by atoms with Crippen molar-refractivity contribution in [1.82, 2.24) is 0 Å². The number of aromatic carboxylic acids is 1. The van der Waals surface area contributed by atoms with Gasteiger partial charge in [0.25, 0.3) is 0 Å². The zero-order valence-corrected chi connectivity index (χ0v) is 10.7. The molecule has 0 saturated carbocycles. The van der Waals surface area contributed by atoms with Gasteiger partial charge in [-0.1, -0.05) is 18.2 Å². The molecule has 1 aliphatic carbocycles. The molecule has 5 heteroatoms. The molecular weight excluding hydrogens is 262 g/mol. The maximum atomic E-state index is 10.8. The summed E-state index contributed by atoms with van der Waals surface area (Å²) in [5.74, 6) is 0.880. The van der Waals surface area contributed by atoms with Crippen molar-refractivity contribution in [3.05, 3.63) is 53.6 Å². The van der Waals surface area contributed by atoms with E-state index in [-0.39, 0.29) is 10.8 Å². The quantitative estimate of drug-likeness (QED) is 0.652. The van der Waals surface area contributed by atoms with Crippen molar-refractivity contribution >= 4 is 29.4 Å². The minimum atomic E-state index is -1.02. The van der Waals surface area contributed by atoms with Crippen LogP contribution < -0.4 is 5.73 Å². The highest BCUT2D eigenvalue weighted by Crippen LogP contribution is 2.34. The molecule has 19 heavy (non-hydrogen) atoms. The molecule has 1 aliphatic rings. The number of allylic oxidation sites excluding steroid dienone is 3. The van der Waals surface area contributed by atoms with Crippen LogP contribution in [0.2, 0.25) is 0 Å². The van der Waals surface area contributed by atoms with Crippen LogP contribution in [-0.4, -0.2) is 22.3 Å². The van der Waals surface area contributed by atoms with Crippen molar-refractivity contribution in [1.29, 1.82) is 0 Å². The fraction of sp³-hybridized carbons (Fsp3) is 0.0714. The molecule has 0 bridgehead atoms. The summed E-state index contributed by atoms with van der Waals surface area (Å²) in [4.78, 5) is 22.4. The monoisotopic (exact) mass is 273 g/mol. The normalized spacial score (nSPS) is 17.3. The largest absolute Gasteiger partial charge is 0.478 e. The predicted molar refractivity (Wildman–Crippen MR) is 74.9 cm³/mol. The molecule has 0 saturated heterocycles. The number of thioether (sulfide) groups is 1. The lowest BCUT2D eigenvalue weighted by Crippen LogP contribution is -2.06. The van der Waals surface area contributed by atoms with E-state index in [1.54, 1.807) is 18.2 Å². The first-order valence-corrected chi connectivity index (χ1v) is 6.39. The number of carbonyl (C=O) groups is 1. The molecule has 1 aromatic carbocycles. The first-order chi connectivity index (χ1) is 9.11. The van der Waals surface area contributed by atoms with Gasteiger partial charge < -0.3 is 10.8 Å². The fourth-order valence-corrected chi connectivity index (χ4v) is 2.68. The highest BCUT2D eigenvalue weighted by atomic mass is 32.2. The molecule has 4 nitrogen and oxygen atoms in total. The van der Waals surface area contributed by atoms with Gasteiger partial charge >= 0.3 is 5.97 Å². The molecule has 0 fully saturated rings. The highest BCUT2D eigenvalue weighted by Gasteiger charge is 2.16. The van der Waals surface area contributed by atoms with E-state index in [0.717, 1.165) is 4.90 Å². The number of nitrogen functional groups attached to an aromatic ring is 1. The molecule has 0 amide bonds. The van der Waals surface area contributed by atoms with Gasteiger partial charge in [-0.15, -0.1) is 11.8 Å². The van der Waals surface area contributed by atoms with Crippen molar-refractivity contribution in [3.8, 4) is 0 Å². The van der Waals surface area contributed by atoms with Crippen molar-refractivity contribution in [3.63, 3.8) is 0 Å². The van der Waals surface area contributed by atoms with E-state index >= 15 is 0 Å². The number of hydrogen-bond donors (Lipinski definition) is 2. The summed E-state index contributed by atoms with van der Waals surface area (Å²) in [5.41, 5.74) is 6.90. The molecule has 0 aromatic heterocycles. The molecule has 0 spiro atoms. The number of anilines is 1. The van der Waals surface area contributed by atoms with Crippen LogP contribution >= 0.6 is 11.8 Å². The summed E-state index contributed by atoms with van der Waals surface area (Å²) in [6, 6.07) is 4.56. The summed E-state index contributed by atoms with van der Waals surface area (Å²) in [5, 5.41) is 8.71. The molecule has 1 atom stereocenters. The Balaban J connectivity index is 2.24. The maximum absolute atomic E-state index is 10.8. The minimum Gasteiger partial charge on any atom is -0.478 e. The third kappa shape index (κ3) is 2.96. The van der Waals surface area contributed by atoms with E-state index in [1.807, 2.05) is 18.1 Å². The topological polar surface area (TPSA) is 80.4 Å². The number of hydrogen-bond acceptors (Lipinski definition) is 4. The average Bonchev–Trinajstić information content (AvgIpc) is 2.41. The Morgan fingerprint density at radius 3 is 2.79 bits per heavy atom. The zero-order valence-electron chi connectivity index (χ0n) is 9.87. The number of nitrogens with two attached hydrogens (primary N) is 1. The Morgan fingerprint density at radius 1 is 1.37 bits per heavy atom. The molecule has 2 rings (SSSR count). The van der Waals surface area contributed by atoms with Crippen LogP contribution in [0.15, 0.2) is 53.0 Å². The van der Waals surface area contributed by atoms with E-state index in [0.29, 0.717) is 11.3 Å². The SMILES string of the molecule is Nc1cc(C(=O)O)ccc1SC1C=CC=CC1=C=O. The highest BCUT2D eigenvalue weighted by molar-refractivity contribution is 8.00. The average molecular weight is 273 g/mol. The fourth-order valence-electron chi connectivity index (χ4n) is 1.64. The molecule has 0 heterocycles. The second kappa shape index (κ2) is 5.61. The summed E-state index contributed by atoms with van der Waals surface area (Å²) in [6.07, 6.45) is 7.19. The number of carbonyl (C=O) groups excluding carboxylic acids is 1. The van der Waals surface area contributed by atoms with Crippen LogP contribution in [0.25, 0.3) is 0 Å². The van der Waals surface area contributed by atoms with Crippen molar-refractivity contribution in [2.45, 2.75) is 10.1 Å². The molecule has 96 valence electrons. The van der Waals surface area contributed by atoms with Gasteiger partial charge in [0.2, 0.25) is 0 Å². The van der Waals surface area contributed by atoms with Crippen LogP contribution in [0.3, 0.4) is 0 Å². The lowest BCUT2D eigenvalue weighted by Gasteiger charge is -2.15. The maximum Gasteiger partial charge on any atom is 0.335 e. The van der Waals surface area contributed by atoms with Gasteiger partial charge in [-0.2, -0.15) is 0 Å². The van der Waals surface area contributed by atoms with E-state index in [1.165, 1.54) is 23.9 Å². The van der Waals surface area contributed by atoms with Gasteiger partial charge in [0.1, 0.15) is 5.94 Å². The Bertz CT molecular complexity index is 628. The van der Waals surface area contributed by atoms with E-state index in [9.17, 15) is 9.59 Å². The van der Waals surface area contributed by atoms with E-state index in [4.69, 9.17) is 10.8 Å². The van der Waals surface area contributed by atoms with Crippen molar-refractivity contribution in [2.75, 3.05) is 5.73 Å². The Kier molecular flexibility index (Phi) is 3.90. The molecule has 3 N–H and O–H groups in total. The lowest BCUT2D eigenvalue weighted by molar-refractivity contribution is 0.0697. The van der Waals surface area contributed by atoms with Crippen molar-refractivity contribution < 1.29 is 14.7 Å². The van der Waals surface area contributed by atoms with Gasteiger partial charge in [0.15, 0.2) is 0 Å². The van der Waals surface area contributed by atoms with Crippen LogP contribution in [0.5, 0.6) is 0 Å². The van der Waals surface area contributed by atoms with Crippen LogP contribution in [0.1, 0.15) is 10.4 Å². The van der Waals surface area contributed by atoms with Crippen LogP contribution in [0, 0.1) is 0 Å². The van der Waals surface area contributed by atoms with E-state index in [2.05, 4.69) is 0 Å². The number of carboxylic acid groups (broad SMARTS) is 1. The number of benzene rings is 1. The van der Waals surface area contributed by atoms with Gasteiger partial charge in [0, 0.05) is 10.6 Å². The third-order valence-corrected chi connectivity index (χ3v) is 3.90.